The second-order valence-electron chi connectivity index (χ2n) is 3.26. The zero-order chi connectivity index (χ0) is 11.5. The van der Waals surface area contributed by atoms with E-state index in [0.29, 0.717) is 13.1 Å². The Labute approximate surface area is 90.3 Å². The first-order valence-corrected chi connectivity index (χ1v) is 5.18. The van der Waals surface area contributed by atoms with Crippen LogP contribution in [-0.4, -0.2) is 44.0 Å². The maximum atomic E-state index is 11.2. The predicted molar refractivity (Wildman–Crippen MR) is 59.4 cm³/mol. The molecule has 86 valence electrons. The van der Waals surface area contributed by atoms with Crippen molar-refractivity contribution in [1.29, 1.82) is 0 Å². The van der Waals surface area contributed by atoms with Gasteiger partial charge >= 0.3 is 0 Å². The first-order chi connectivity index (χ1) is 7.24. The molecule has 1 amide bonds. The number of rotatable bonds is 8. The number of nitrogens with zero attached hydrogens (tertiary/aromatic N) is 4. The first-order valence-electron chi connectivity index (χ1n) is 5.18. The van der Waals surface area contributed by atoms with Crippen LogP contribution in [0.15, 0.2) is 5.11 Å². The van der Waals surface area contributed by atoms with Gasteiger partial charge in [-0.3, -0.25) is 9.69 Å². The van der Waals surface area contributed by atoms with E-state index in [1.54, 1.807) is 7.05 Å². The monoisotopic (exact) mass is 213 g/mol. The molecule has 0 unspecified atom stereocenters. The number of amides is 1. The fourth-order valence-electron chi connectivity index (χ4n) is 1.28. The molecule has 0 saturated carbocycles. The number of hydrogen-bond donors (Lipinski definition) is 1. The molecule has 0 aromatic rings. The summed E-state index contributed by atoms with van der Waals surface area (Å²) in [5.74, 6) is 0.0206. The minimum atomic E-state index is 0.0206. The van der Waals surface area contributed by atoms with Crippen LogP contribution in [0.1, 0.15) is 19.8 Å². The molecule has 0 radical (unpaired) electrons. The molecule has 0 aromatic heterocycles. The van der Waals surface area contributed by atoms with E-state index in [9.17, 15) is 4.79 Å². The van der Waals surface area contributed by atoms with Crippen molar-refractivity contribution in [3.63, 3.8) is 0 Å². The fraction of sp³-hybridized carbons (Fsp3) is 0.889. The molecule has 6 heteroatoms. The van der Waals surface area contributed by atoms with Gasteiger partial charge in [-0.1, -0.05) is 12.0 Å². The second-order valence-corrected chi connectivity index (χ2v) is 3.26. The Hall–Kier alpha value is -1.26. The zero-order valence-corrected chi connectivity index (χ0v) is 9.44. The van der Waals surface area contributed by atoms with Crippen LogP contribution in [0.4, 0.5) is 0 Å². The molecule has 0 fully saturated rings. The van der Waals surface area contributed by atoms with Gasteiger partial charge in [0.2, 0.25) is 5.91 Å². The van der Waals surface area contributed by atoms with Crippen LogP contribution >= 0.6 is 0 Å². The van der Waals surface area contributed by atoms with Crippen LogP contribution in [0.25, 0.3) is 10.4 Å². The Morgan fingerprint density at radius 3 is 2.80 bits per heavy atom. The largest absolute Gasteiger partial charge is 0.358 e. The molecule has 15 heavy (non-hydrogen) atoms. The van der Waals surface area contributed by atoms with Crippen LogP contribution in [0.3, 0.4) is 0 Å². The molecule has 0 spiro atoms. The summed E-state index contributed by atoms with van der Waals surface area (Å²) >= 11 is 0. The van der Waals surface area contributed by atoms with Crippen molar-refractivity contribution in [2.75, 3.05) is 33.2 Å². The van der Waals surface area contributed by atoms with E-state index in [4.69, 9.17) is 5.53 Å². The van der Waals surface area contributed by atoms with Gasteiger partial charge in [-0.2, -0.15) is 0 Å². The number of nitrogens with one attached hydrogen (secondary N) is 1. The zero-order valence-electron chi connectivity index (χ0n) is 9.44. The maximum absolute atomic E-state index is 11.2. The van der Waals surface area contributed by atoms with Gasteiger partial charge in [-0.25, -0.2) is 0 Å². The Bertz CT molecular complexity index is 225. The van der Waals surface area contributed by atoms with Crippen molar-refractivity contribution < 1.29 is 4.79 Å². The minimum Gasteiger partial charge on any atom is -0.358 e. The molecule has 0 bridgehead atoms. The molecular formula is C9H19N5O. The van der Waals surface area contributed by atoms with Crippen LogP contribution in [0.5, 0.6) is 0 Å². The maximum Gasteiger partial charge on any atom is 0.233 e. The van der Waals surface area contributed by atoms with Gasteiger partial charge in [0, 0.05) is 18.5 Å². The van der Waals surface area contributed by atoms with Crippen LogP contribution in [-0.2, 0) is 4.79 Å². The average molecular weight is 213 g/mol. The first kappa shape index (κ1) is 13.7. The highest BCUT2D eigenvalue weighted by Crippen LogP contribution is 1.94. The lowest BCUT2D eigenvalue weighted by molar-refractivity contribution is -0.121. The summed E-state index contributed by atoms with van der Waals surface area (Å²) in [6.45, 7) is 4.67. The van der Waals surface area contributed by atoms with E-state index >= 15 is 0 Å². The third-order valence-electron chi connectivity index (χ3n) is 1.98. The van der Waals surface area contributed by atoms with Gasteiger partial charge in [0.25, 0.3) is 0 Å². The Balaban J connectivity index is 3.81. The normalized spacial score (nSPS) is 9.80. The number of likely N-dealkylation sites (N-methyl/N-ethyl adjacent to an activating group) is 1. The van der Waals surface area contributed by atoms with Gasteiger partial charge in [-0.15, -0.1) is 0 Å². The molecular weight excluding hydrogens is 194 g/mol. The van der Waals surface area contributed by atoms with E-state index in [1.807, 2.05) is 0 Å². The Kier molecular flexibility index (Phi) is 8.52. The van der Waals surface area contributed by atoms with Crippen molar-refractivity contribution in [3.8, 4) is 0 Å². The lowest BCUT2D eigenvalue weighted by atomic mass is 10.3. The summed E-state index contributed by atoms with van der Waals surface area (Å²) < 4.78 is 0. The van der Waals surface area contributed by atoms with Crippen molar-refractivity contribution >= 4 is 5.91 Å². The highest BCUT2D eigenvalue weighted by Gasteiger charge is 2.07. The SMILES string of the molecule is CCCN(CCCN=[N+]=[N-])CC(=O)NC. The van der Waals surface area contributed by atoms with E-state index in [0.717, 1.165) is 25.9 Å². The molecule has 6 nitrogen and oxygen atoms in total. The lowest BCUT2D eigenvalue weighted by Crippen LogP contribution is -2.36. The molecule has 0 aliphatic carbocycles. The standard InChI is InChI=1S/C9H19N5O/c1-3-6-14(8-9(15)11-2)7-4-5-12-13-10/h3-8H2,1-2H3,(H,11,15). The molecule has 0 saturated heterocycles. The predicted octanol–water partition coefficient (Wildman–Crippen LogP) is 1.14. The summed E-state index contributed by atoms with van der Waals surface area (Å²) in [6, 6.07) is 0. The van der Waals surface area contributed by atoms with Gasteiger partial charge in [0.15, 0.2) is 0 Å². The molecule has 0 aliphatic rings. The van der Waals surface area contributed by atoms with Gasteiger partial charge < -0.3 is 5.32 Å². The number of hydrogen-bond acceptors (Lipinski definition) is 3. The van der Waals surface area contributed by atoms with Gasteiger partial charge in [-0.05, 0) is 31.5 Å². The average Bonchev–Trinajstić information content (AvgIpc) is 2.24. The molecule has 0 atom stereocenters. The van der Waals surface area contributed by atoms with E-state index in [2.05, 4.69) is 27.2 Å². The highest BCUT2D eigenvalue weighted by atomic mass is 16.1. The van der Waals surface area contributed by atoms with Crippen LogP contribution in [0, 0.1) is 0 Å². The van der Waals surface area contributed by atoms with Gasteiger partial charge in [0.05, 0.1) is 6.54 Å². The number of carbonyl (C=O) groups is 1. The van der Waals surface area contributed by atoms with E-state index in [-0.39, 0.29) is 5.91 Å². The third kappa shape index (κ3) is 7.78. The fourth-order valence-corrected chi connectivity index (χ4v) is 1.28. The third-order valence-corrected chi connectivity index (χ3v) is 1.98. The Morgan fingerprint density at radius 2 is 2.27 bits per heavy atom. The van der Waals surface area contributed by atoms with Crippen LogP contribution in [0.2, 0.25) is 0 Å². The molecule has 0 rings (SSSR count). The molecule has 0 aliphatic heterocycles. The molecule has 0 aromatic carbocycles. The summed E-state index contributed by atoms with van der Waals surface area (Å²) in [4.78, 5) is 15.9. The van der Waals surface area contributed by atoms with Gasteiger partial charge in [0.1, 0.15) is 0 Å². The topological polar surface area (TPSA) is 81.1 Å². The highest BCUT2D eigenvalue weighted by molar-refractivity contribution is 5.77. The van der Waals surface area contributed by atoms with Crippen molar-refractivity contribution in [2.24, 2.45) is 5.11 Å². The van der Waals surface area contributed by atoms with Crippen LogP contribution < -0.4 is 5.32 Å². The summed E-state index contributed by atoms with van der Waals surface area (Å²) in [5.41, 5.74) is 8.10. The van der Waals surface area contributed by atoms with E-state index in [1.165, 1.54) is 0 Å². The summed E-state index contributed by atoms with van der Waals surface area (Å²) in [6.07, 6.45) is 1.81. The summed E-state index contributed by atoms with van der Waals surface area (Å²) in [7, 11) is 1.63. The smallest absolute Gasteiger partial charge is 0.233 e. The number of carbonyl (C=O) groups excluding carboxylic acids is 1. The lowest BCUT2D eigenvalue weighted by Gasteiger charge is -2.19. The second kappa shape index (κ2) is 9.30. The van der Waals surface area contributed by atoms with Crippen molar-refractivity contribution in [1.82, 2.24) is 10.2 Å². The van der Waals surface area contributed by atoms with E-state index < -0.39 is 0 Å². The quantitative estimate of drug-likeness (QED) is 0.284. The van der Waals surface area contributed by atoms with Crippen molar-refractivity contribution in [3.05, 3.63) is 10.4 Å². The summed E-state index contributed by atoms with van der Waals surface area (Å²) in [5, 5.41) is 6.05. The minimum absolute atomic E-state index is 0.0206. The Morgan fingerprint density at radius 1 is 1.53 bits per heavy atom. The molecule has 1 N–H and O–H groups in total. The van der Waals surface area contributed by atoms with Crippen molar-refractivity contribution in [2.45, 2.75) is 19.8 Å². The number of azide groups is 1. The molecule has 0 heterocycles.